The van der Waals surface area contributed by atoms with Gasteiger partial charge >= 0.3 is 0 Å². The Bertz CT molecular complexity index is 710. The zero-order valence-electron chi connectivity index (χ0n) is 12.5. The molecule has 5 nitrogen and oxygen atoms in total. The van der Waals surface area contributed by atoms with Gasteiger partial charge in [0.15, 0.2) is 0 Å². The number of nitrogens with zero attached hydrogens (tertiary/aromatic N) is 1. The molecule has 0 saturated carbocycles. The van der Waals surface area contributed by atoms with E-state index in [0.29, 0.717) is 17.7 Å². The predicted molar refractivity (Wildman–Crippen MR) is 94.6 cm³/mol. The maximum Gasteiger partial charge on any atom is 0.271 e. The van der Waals surface area contributed by atoms with Crippen LogP contribution in [0.1, 0.15) is 29.3 Å². The van der Waals surface area contributed by atoms with Crippen molar-refractivity contribution in [3.63, 3.8) is 0 Å². The molecule has 0 aliphatic rings. The van der Waals surface area contributed by atoms with E-state index in [1.807, 2.05) is 24.3 Å². The maximum absolute atomic E-state index is 12.0. The molecule has 0 atom stereocenters. The third-order valence-electron chi connectivity index (χ3n) is 3.00. The van der Waals surface area contributed by atoms with Crippen molar-refractivity contribution in [1.29, 1.82) is 0 Å². The van der Waals surface area contributed by atoms with E-state index >= 15 is 0 Å². The molecule has 0 spiro atoms. The second-order valence-corrected chi connectivity index (χ2v) is 5.65. The summed E-state index contributed by atoms with van der Waals surface area (Å²) in [7, 11) is 0. The normalized spacial score (nSPS) is 10.5. The molecule has 23 heavy (non-hydrogen) atoms. The van der Waals surface area contributed by atoms with Gasteiger partial charge in [0.1, 0.15) is 0 Å². The van der Waals surface area contributed by atoms with Crippen LogP contribution in [0.5, 0.6) is 0 Å². The van der Waals surface area contributed by atoms with E-state index < -0.39 is 0 Å². The summed E-state index contributed by atoms with van der Waals surface area (Å²) in [5.41, 5.74) is 4.47. The van der Waals surface area contributed by atoms with Crippen molar-refractivity contribution in [2.75, 3.05) is 5.32 Å². The Balaban J connectivity index is 1.92. The second kappa shape index (κ2) is 8.24. The minimum atomic E-state index is -0.313. The number of carbonyl (C=O) groups excluding carboxylic acids is 2. The van der Waals surface area contributed by atoms with E-state index in [0.717, 1.165) is 10.0 Å². The van der Waals surface area contributed by atoms with Gasteiger partial charge in [-0.05, 0) is 42.0 Å². The summed E-state index contributed by atoms with van der Waals surface area (Å²) in [6, 6.07) is 14.2. The highest BCUT2D eigenvalue weighted by Crippen LogP contribution is 2.10. The van der Waals surface area contributed by atoms with Crippen molar-refractivity contribution in [2.45, 2.75) is 13.3 Å². The van der Waals surface area contributed by atoms with Crippen LogP contribution in [-0.2, 0) is 4.79 Å². The molecular formula is C17H16BrN3O2. The minimum absolute atomic E-state index is 0.0682. The van der Waals surface area contributed by atoms with E-state index in [1.54, 1.807) is 37.4 Å². The average Bonchev–Trinajstić information content (AvgIpc) is 2.57. The van der Waals surface area contributed by atoms with Crippen molar-refractivity contribution in [2.24, 2.45) is 5.10 Å². The molecule has 2 amide bonds. The lowest BCUT2D eigenvalue weighted by molar-refractivity contribution is -0.115. The molecule has 0 aromatic heterocycles. The van der Waals surface area contributed by atoms with Crippen LogP contribution in [0.2, 0.25) is 0 Å². The van der Waals surface area contributed by atoms with Gasteiger partial charge in [0.05, 0.1) is 6.21 Å². The Morgan fingerprint density at radius 2 is 1.74 bits per heavy atom. The fourth-order valence-corrected chi connectivity index (χ4v) is 2.00. The Morgan fingerprint density at radius 3 is 2.35 bits per heavy atom. The fourth-order valence-electron chi connectivity index (χ4n) is 1.73. The highest BCUT2D eigenvalue weighted by molar-refractivity contribution is 9.10. The minimum Gasteiger partial charge on any atom is -0.326 e. The van der Waals surface area contributed by atoms with Crippen molar-refractivity contribution >= 4 is 39.6 Å². The van der Waals surface area contributed by atoms with Crippen LogP contribution in [0, 0.1) is 0 Å². The molecule has 0 bridgehead atoms. The molecule has 0 unspecified atom stereocenters. The van der Waals surface area contributed by atoms with Crippen LogP contribution in [0.4, 0.5) is 5.69 Å². The zero-order valence-corrected chi connectivity index (χ0v) is 14.1. The van der Waals surface area contributed by atoms with E-state index in [4.69, 9.17) is 0 Å². The predicted octanol–water partition coefficient (Wildman–Crippen LogP) is 3.56. The van der Waals surface area contributed by atoms with Crippen LogP contribution in [0.25, 0.3) is 0 Å². The number of benzene rings is 2. The lowest BCUT2D eigenvalue weighted by Gasteiger charge is -2.04. The first-order valence-electron chi connectivity index (χ1n) is 7.07. The molecule has 0 aliphatic carbocycles. The molecule has 2 aromatic carbocycles. The monoisotopic (exact) mass is 373 g/mol. The molecule has 2 aromatic rings. The first kappa shape index (κ1) is 16.9. The van der Waals surface area contributed by atoms with Crippen molar-refractivity contribution < 1.29 is 9.59 Å². The van der Waals surface area contributed by atoms with Crippen LogP contribution in [-0.4, -0.2) is 18.0 Å². The summed E-state index contributed by atoms with van der Waals surface area (Å²) in [6.45, 7) is 1.78. The number of amides is 2. The second-order valence-electron chi connectivity index (χ2n) is 4.73. The number of hydrogen-bond donors (Lipinski definition) is 2. The molecular weight excluding hydrogens is 358 g/mol. The van der Waals surface area contributed by atoms with Crippen LogP contribution in [0.3, 0.4) is 0 Å². The summed E-state index contributed by atoms with van der Waals surface area (Å²) in [5, 5.41) is 6.64. The quantitative estimate of drug-likeness (QED) is 0.621. The van der Waals surface area contributed by atoms with E-state index in [1.165, 1.54) is 0 Å². The van der Waals surface area contributed by atoms with E-state index in [9.17, 15) is 9.59 Å². The van der Waals surface area contributed by atoms with Gasteiger partial charge in [-0.1, -0.05) is 35.0 Å². The Labute approximate surface area is 142 Å². The molecule has 0 saturated heterocycles. The van der Waals surface area contributed by atoms with Crippen molar-refractivity contribution in [3.05, 3.63) is 64.1 Å². The average molecular weight is 374 g/mol. The SMILES string of the molecule is CCC(=O)Nc1ccc(C(=O)NN=Cc2ccc(Br)cc2)cc1. The Morgan fingerprint density at radius 1 is 1.09 bits per heavy atom. The smallest absolute Gasteiger partial charge is 0.271 e. The largest absolute Gasteiger partial charge is 0.326 e. The van der Waals surface area contributed by atoms with Gasteiger partial charge in [0, 0.05) is 22.1 Å². The number of halogens is 1. The summed E-state index contributed by atoms with van der Waals surface area (Å²) >= 11 is 3.35. The van der Waals surface area contributed by atoms with Gasteiger partial charge in [-0.25, -0.2) is 5.43 Å². The number of anilines is 1. The Hall–Kier alpha value is -2.47. The van der Waals surface area contributed by atoms with Crippen molar-refractivity contribution in [3.8, 4) is 0 Å². The van der Waals surface area contributed by atoms with Crippen molar-refractivity contribution in [1.82, 2.24) is 5.43 Å². The summed E-state index contributed by atoms with van der Waals surface area (Å²) in [4.78, 5) is 23.2. The summed E-state index contributed by atoms with van der Waals surface area (Å²) in [6.07, 6.45) is 1.98. The highest BCUT2D eigenvalue weighted by Gasteiger charge is 2.05. The lowest BCUT2D eigenvalue weighted by Crippen LogP contribution is -2.17. The standard InChI is InChI=1S/C17H16BrN3O2/c1-2-16(22)20-15-9-5-13(6-10-15)17(23)21-19-11-12-3-7-14(18)8-4-12/h3-11H,2H2,1H3,(H,20,22)(H,21,23). The first-order chi connectivity index (χ1) is 11.1. The van der Waals surface area contributed by atoms with Crippen LogP contribution in [0.15, 0.2) is 58.1 Å². The van der Waals surface area contributed by atoms with Gasteiger partial charge < -0.3 is 5.32 Å². The molecule has 118 valence electrons. The van der Waals surface area contributed by atoms with E-state index in [-0.39, 0.29) is 11.8 Å². The van der Waals surface area contributed by atoms with E-state index in [2.05, 4.69) is 31.8 Å². The molecule has 2 N–H and O–H groups in total. The third kappa shape index (κ3) is 5.34. The Kier molecular flexibility index (Phi) is 6.05. The summed E-state index contributed by atoms with van der Waals surface area (Å²) in [5.74, 6) is -0.381. The van der Waals surface area contributed by atoms with Gasteiger partial charge in [-0.15, -0.1) is 0 Å². The molecule has 0 radical (unpaired) electrons. The van der Waals surface area contributed by atoms with Gasteiger partial charge in [-0.3, -0.25) is 9.59 Å². The topological polar surface area (TPSA) is 70.6 Å². The molecule has 0 heterocycles. The molecule has 2 rings (SSSR count). The van der Waals surface area contributed by atoms with Crippen LogP contribution < -0.4 is 10.7 Å². The number of hydrogen-bond acceptors (Lipinski definition) is 3. The zero-order chi connectivity index (χ0) is 16.7. The fraction of sp³-hybridized carbons (Fsp3) is 0.118. The van der Waals surface area contributed by atoms with Gasteiger partial charge in [0.2, 0.25) is 5.91 Å². The lowest BCUT2D eigenvalue weighted by atomic mass is 10.2. The van der Waals surface area contributed by atoms with Gasteiger partial charge in [-0.2, -0.15) is 5.10 Å². The number of carbonyl (C=O) groups is 2. The highest BCUT2D eigenvalue weighted by atomic mass is 79.9. The van der Waals surface area contributed by atoms with Gasteiger partial charge in [0.25, 0.3) is 5.91 Å². The third-order valence-corrected chi connectivity index (χ3v) is 3.53. The molecule has 0 fully saturated rings. The molecule has 6 heteroatoms. The summed E-state index contributed by atoms with van der Waals surface area (Å²) < 4.78 is 0.980. The number of hydrazone groups is 1. The van der Waals surface area contributed by atoms with Crippen LogP contribution >= 0.6 is 15.9 Å². The number of nitrogens with one attached hydrogen (secondary N) is 2. The maximum atomic E-state index is 12.0. The number of rotatable bonds is 5. The first-order valence-corrected chi connectivity index (χ1v) is 7.86. The molecule has 0 aliphatic heterocycles.